The summed E-state index contributed by atoms with van der Waals surface area (Å²) < 4.78 is 0. The maximum Gasteiger partial charge on any atom is 0.152 e. The summed E-state index contributed by atoms with van der Waals surface area (Å²) in [6.07, 6.45) is 0.744. The van der Waals surface area contributed by atoms with E-state index in [0.717, 1.165) is 23.0 Å². The Morgan fingerprint density at radius 3 is 2.35 bits per heavy atom. The molecule has 0 bridgehead atoms. The van der Waals surface area contributed by atoms with Crippen molar-refractivity contribution in [3.8, 4) is 11.1 Å². The molecule has 1 nitrogen and oxygen atoms in total. The van der Waals surface area contributed by atoms with Crippen molar-refractivity contribution in [2.75, 3.05) is 0 Å². The molecule has 0 heterocycles. The van der Waals surface area contributed by atoms with Gasteiger partial charge in [0, 0.05) is 10.5 Å². The smallest absolute Gasteiger partial charge is 0.152 e. The third-order valence-corrected chi connectivity index (χ3v) is 4.58. The van der Waals surface area contributed by atoms with Gasteiger partial charge in [-0.05, 0) is 28.7 Å². The van der Waals surface area contributed by atoms with Crippen LogP contribution in [-0.4, -0.2) is 6.29 Å². The van der Waals surface area contributed by atoms with E-state index in [1.807, 2.05) is 18.2 Å². The number of hydrogen-bond acceptors (Lipinski definition) is 2. The van der Waals surface area contributed by atoms with Gasteiger partial charge in [-0.1, -0.05) is 61.3 Å². The SMILES string of the molecule is CC(C)c1ccccc1-c1cc(S)c(Cl)c(Cl)c1C=O. The standard InChI is InChI=1S/C16H14Cl2OS/c1-9(2)10-5-3-4-6-11(10)12-7-14(20)16(18)15(17)13(12)8-19/h3-9,20H,1-2H3. The number of benzene rings is 2. The van der Waals surface area contributed by atoms with Gasteiger partial charge in [0.05, 0.1) is 10.0 Å². The van der Waals surface area contributed by atoms with Crippen molar-refractivity contribution in [1.82, 2.24) is 0 Å². The van der Waals surface area contributed by atoms with Gasteiger partial charge in [-0.2, -0.15) is 0 Å². The Labute approximate surface area is 134 Å². The number of carbonyl (C=O) groups excluding carboxylic acids is 1. The molecule has 0 aliphatic rings. The van der Waals surface area contributed by atoms with E-state index in [-0.39, 0.29) is 5.02 Å². The van der Waals surface area contributed by atoms with E-state index < -0.39 is 0 Å². The Morgan fingerprint density at radius 2 is 1.75 bits per heavy atom. The fraction of sp³-hybridized carbons (Fsp3) is 0.188. The Morgan fingerprint density at radius 1 is 1.10 bits per heavy atom. The minimum absolute atomic E-state index is 0.253. The normalized spacial score (nSPS) is 10.9. The lowest BCUT2D eigenvalue weighted by Crippen LogP contribution is -1.97. The lowest BCUT2D eigenvalue weighted by molar-refractivity contribution is 0.112. The third kappa shape index (κ3) is 2.73. The number of thiol groups is 1. The molecule has 0 radical (unpaired) electrons. The molecular weight excluding hydrogens is 311 g/mol. The highest BCUT2D eigenvalue weighted by molar-refractivity contribution is 7.80. The van der Waals surface area contributed by atoms with Gasteiger partial charge in [-0.25, -0.2) is 0 Å². The zero-order valence-electron chi connectivity index (χ0n) is 11.2. The maximum atomic E-state index is 11.4. The van der Waals surface area contributed by atoms with Gasteiger partial charge in [0.1, 0.15) is 0 Å². The molecule has 0 unspecified atom stereocenters. The first-order valence-corrected chi connectivity index (χ1v) is 7.43. The van der Waals surface area contributed by atoms with Crippen LogP contribution >= 0.6 is 35.8 Å². The monoisotopic (exact) mass is 324 g/mol. The van der Waals surface area contributed by atoms with Gasteiger partial charge in [0.25, 0.3) is 0 Å². The van der Waals surface area contributed by atoms with E-state index >= 15 is 0 Å². The molecule has 2 aromatic rings. The second-order valence-electron chi connectivity index (χ2n) is 4.84. The van der Waals surface area contributed by atoms with Gasteiger partial charge >= 0.3 is 0 Å². The highest BCUT2D eigenvalue weighted by Crippen LogP contribution is 2.40. The van der Waals surface area contributed by atoms with Crippen LogP contribution in [0.2, 0.25) is 10.0 Å². The highest BCUT2D eigenvalue weighted by atomic mass is 35.5. The zero-order chi connectivity index (χ0) is 14.9. The predicted octanol–water partition coefficient (Wildman–Crippen LogP) is 5.89. The van der Waals surface area contributed by atoms with Crippen LogP contribution in [-0.2, 0) is 0 Å². The Bertz CT molecular complexity index is 666. The van der Waals surface area contributed by atoms with Crippen LogP contribution < -0.4 is 0 Å². The fourth-order valence-corrected chi connectivity index (χ4v) is 2.92. The molecule has 4 heteroatoms. The van der Waals surface area contributed by atoms with Crippen molar-refractivity contribution >= 4 is 42.1 Å². The molecule has 0 saturated carbocycles. The molecule has 20 heavy (non-hydrogen) atoms. The van der Waals surface area contributed by atoms with Crippen molar-refractivity contribution in [2.45, 2.75) is 24.7 Å². The lowest BCUT2D eigenvalue weighted by atomic mass is 9.90. The Kier molecular flexibility index (Phi) is 4.79. The van der Waals surface area contributed by atoms with Crippen molar-refractivity contribution in [3.63, 3.8) is 0 Å². The molecule has 0 amide bonds. The van der Waals surface area contributed by atoms with E-state index in [1.54, 1.807) is 6.07 Å². The van der Waals surface area contributed by atoms with E-state index in [4.69, 9.17) is 23.2 Å². The van der Waals surface area contributed by atoms with Gasteiger partial charge in [0.15, 0.2) is 6.29 Å². The lowest BCUT2D eigenvalue weighted by Gasteiger charge is -2.16. The van der Waals surface area contributed by atoms with Crippen LogP contribution in [0, 0.1) is 0 Å². The van der Waals surface area contributed by atoms with Crippen LogP contribution in [0.4, 0.5) is 0 Å². The average Bonchev–Trinajstić information content (AvgIpc) is 2.44. The molecule has 0 saturated heterocycles. The number of hydrogen-bond donors (Lipinski definition) is 1. The van der Waals surface area contributed by atoms with Crippen molar-refractivity contribution in [2.24, 2.45) is 0 Å². The summed E-state index contributed by atoms with van der Waals surface area (Å²) in [5.74, 6) is 0.337. The molecule has 0 aliphatic heterocycles. The number of rotatable bonds is 3. The van der Waals surface area contributed by atoms with Crippen LogP contribution in [0.1, 0.15) is 35.7 Å². The average molecular weight is 325 g/mol. The second-order valence-corrected chi connectivity index (χ2v) is 6.08. The van der Waals surface area contributed by atoms with Crippen molar-refractivity contribution < 1.29 is 4.79 Å². The molecule has 0 N–H and O–H groups in total. The molecule has 2 aromatic carbocycles. The molecule has 0 spiro atoms. The van der Waals surface area contributed by atoms with Gasteiger partial charge in [0.2, 0.25) is 0 Å². The fourth-order valence-electron chi connectivity index (χ4n) is 2.21. The van der Waals surface area contributed by atoms with Crippen molar-refractivity contribution in [3.05, 3.63) is 51.5 Å². The Balaban J connectivity index is 2.80. The summed E-state index contributed by atoms with van der Waals surface area (Å²) in [7, 11) is 0. The molecule has 2 rings (SSSR count). The Hall–Kier alpha value is -0.960. The zero-order valence-corrected chi connectivity index (χ0v) is 13.6. The molecule has 0 aromatic heterocycles. The summed E-state index contributed by atoms with van der Waals surface area (Å²) in [4.78, 5) is 12.0. The first-order valence-electron chi connectivity index (χ1n) is 6.22. The second kappa shape index (κ2) is 6.21. The van der Waals surface area contributed by atoms with E-state index in [1.165, 1.54) is 0 Å². The van der Waals surface area contributed by atoms with Crippen LogP contribution in [0.5, 0.6) is 0 Å². The summed E-state index contributed by atoms with van der Waals surface area (Å²) in [6.45, 7) is 4.22. The highest BCUT2D eigenvalue weighted by Gasteiger charge is 2.17. The number of aldehydes is 1. The van der Waals surface area contributed by atoms with Crippen LogP contribution in [0.25, 0.3) is 11.1 Å². The topological polar surface area (TPSA) is 17.1 Å². The molecule has 0 atom stereocenters. The molecule has 104 valence electrons. The quantitative estimate of drug-likeness (QED) is 0.550. The van der Waals surface area contributed by atoms with Gasteiger partial charge < -0.3 is 0 Å². The molecule has 0 aliphatic carbocycles. The summed E-state index contributed by atoms with van der Waals surface area (Å²) in [6, 6.07) is 9.75. The maximum absolute atomic E-state index is 11.4. The van der Waals surface area contributed by atoms with Crippen LogP contribution in [0.3, 0.4) is 0 Å². The summed E-state index contributed by atoms with van der Waals surface area (Å²) >= 11 is 16.6. The van der Waals surface area contributed by atoms with E-state index in [9.17, 15) is 4.79 Å². The first-order chi connectivity index (χ1) is 9.47. The largest absolute Gasteiger partial charge is 0.298 e. The van der Waals surface area contributed by atoms with Gasteiger partial charge in [-0.3, -0.25) is 4.79 Å². The van der Waals surface area contributed by atoms with Crippen molar-refractivity contribution in [1.29, 1.82) is 0 Å². The number of halogens is 2. The van der Waals surface area contributed by atoms with Crippen LogP contribution in [0.15, 0.2) is 35.2 Å². The minimum atomic E-state index is 0.253. The predicted molar refractivity (Wildman–Crippen MR) is 88.6 cm³/mol. The number of carbonyl (C=O) groups is 1. The minimum Gasteiger partial charge on any atom is -0.298 e. The van der Waals surface area contributed by atoms with E-state index in [0.29, 0.717) is 21.4 Å². The summed E-state index contributed by atoms with van der Waals surface area (Å²) in [5, 5.41) is 0.561. The molecular formula is C16H14Cl2OS. The third-order valence-electron chi connectivity index (χ3n) is 3.22. The summed E-state index contributed by atoms with van der Waals surface area (Å²) in [5.41, 5.74) is 3.31. The molecule has 0 fully saturated rings. The van der Waals surface area contributed by atoms with Gasteiger partial charge in [-0.15, -0.1) is 12.6 Å². The van der Waals surface area contributed by atoms with E-state index in [2.05, 4.69) is 32.5 Å². The first kappa shape index (κ1) is 15.4.